The van der Waals surface area contributed by atoms with Gasteiger partial charge >= 0.3 is 0 Å². The summed E-state index contributed by atoms with van der Waals surface area (Å²) in [7, 11) is -2.16. The summed E-state index contributed by atoms with van der Waals surface area (Å²) in [4.78, 5) is 0.0246. The first-order valence-corrected chi connectivity index (χ1v) is 7.06. The van der Waals surface area contributed by atoms with Gasteiger partial charge in [0, 0.05) is 19.7 Å². The third-order valence-electron chi connectivity index (χ3n) is 2.19. The Kier molecular flexibility index (Phi) is 5.39. The quantitative estimate of drug-likeness (QED) is 0.717. The van der Waals surface area contributed by atoms with Gasteiger partial charge in [0.25, 0.3) is 0 Å². The summed E-state index contributed by atoms with van der Waals surface area (Å²) in [5.74, 6) is 0.445. The molecular formula is C11H18N2O4S. The lowest BCUT2D eigenvalue weighted by atomic mass is 10.3. The number of hydrogen-bond donors (Lipinski definition) is 2. The maximum absolute atomic E-state index is 11.3. The monoisotopic (exact) mass is 274 g/mol. The number of nitrogens with one attached hydrogen (secondary N) is 1. The minimum Gasteiger partial charge on any atom is -0.489 e. The molecule has 0 saturated heterocycles. The number of benzene rings is 1. The second-order valence-electron chi connectivity index (χ2n) is 3.57. The summed E-state index contributed by atoms with van der Waals surface area (Å²) in [6.07, 6.45) is 0. The van der Waals surface area contributed by atoms with Crippen molar-refractivity contribution in [2.75, 3.05) is 32.2 Å². The van der Waals surface area contributed by atoms with Gasteiger partial charge in [-0.15, -0.1) is 0 Å². The first-order chi connectivity index (χ1) is 8.49. The molecule has 0 aromatic heterocycles. The van der Waals surface area contributed by atoms with Crippen LogP contribution in [0, 0.1) is 0 Å². The second kappa shape index (κ2) is 6.58. The van der Waals surface area contributed by atoms with Gasteiger partial charge < -0.3 is 14.8 Å². The highest BCUT2D eigenvalue weighted by atomic mass is 32.2. The molecule has 0 fully saturated rings. The maximum atomic E-state index is 11.3. The van der Waals surface area contributed by atoms with Crippen molar-refractivity contribution in [3.05, 3.63) is 18.2 Å². The highest BCUT2D eigenvalue weighted by molar-refractivity contribution is 7.89. The van der Waals surface area contributed by atoms with Gasteiger partial charge in [0.2, 0.25) is 10.0 Å². The number of sulfonamides is 1. The lowest BCUT2D eigenvalue weighted by molar-refractivity contribution is 0.146. The molecule has 0 spiro atoms. The number of nitrogens with two attached hydrogens (primary N) is 1. The molecule has 0 radical (unpaired) electrons. The molecule has 0 unspecified atom stereocenters. The third kappa shape index (κ3) is 4.17. The van der Waals surface area contributed by atoms with Crippen LogP contribution in [0.5, 0.6) is 5.75 Å². The number of ether oxygens (including phenoxy) is 2. The van der Waals surface area contributed by atoms with E-state index >= 15 is 0 Å². The molecule has 3 N–H and O–H groups in total. The first kappa shape index (κ1) is 14.7. The van der Waals surface area contributed by atoms with Crippen molar-refractivity contribution in [1.82, 2.24) is 0 Å². The Labute approximate surface area is 107 Å². The Bertz CT molecular complexity index is 488. The van der Waals surface area contributed by atoms with Crippen LogP contribution >= 0.6 is 0 Å². The molecule has 0 aliphatic carbocycles. The molecule has 0 atom stereocenters. The average Bonchev–Trinajstić information content (AvgIpc) is 2.30. The van der Waals surface area contributed by atoms with Gasteiger partial charge in [0.1, 0.15) is 12.4 Å². The van der Waals surface area contributed by atoms with Crippen LogP contribution in [0.15, 0.2) is 23.1 Å². The van der Waals surface area contributed by atoms with E-state index in [1.165, 1.54) is 12.1 Å². The van der Waals surface area contributed by atoms with Crippen LogP contribution in [0.2, 0.25) is 0 Å². The van der Waals surface area contributed by atoms with Gasteiger partial charge in [-0.3, -0.25) is 0 Å². The summed E-state index contributed by atoms with van der Waals surface area (Å²) in [5, 5.41) is 8.16. The van der Waals surface area contributed by atoms with Crippen LogP contribution in [0.25, 0.3) is 0 Å². The molecule has 1 aromatic rings. The zero-order chi connectivity index (χ0) is 13.6. The predicted octanol–water partition coefficient (Wildman–Crippen LogP) is 0.791. The summed E-state index contributed by atoms with van der Waals surface area (Å²) >= 11 is 0. The van der Waals surface area contributed by atoms with Gasteiger partial charge in [-0.05, 0) is 19.1 Å². The van der Waals surface area contributed by atoms with E-state index in [0.29, 0.717) is 25.5 Å². The lowest BCUT2D eigenvalue weighted by Gasteiger charge is -2.13. The Balaban J connectivity index is 2.99. The molecule has 6 nitrogen and oxygen atoms in total. The average molecular weight is 274 g/mol. The standard InChI is InChI=1S/C11H18N2O4S/c1-3-13-10-5-4-9(18(12,14)15)8-11(10)17-7-6-16-2/h4-5,8,13H,3,6-7H2,1-2H3,(H2,12,14,15). The molecule has 7 heteroatoms. The minimum absolute atomic E-state index is 0.0246. The molecule has 1 rings (SSSR count). The molecule has 1 aromatic carbocycles. The van der Waals surface area contributed by atoms with Crippen molar-refractivity contribution < 1.29 is 17.9 Å². The van der Waals surface area contributed by atoms with Crippen molar-refractivity contribution in [2.45, 2.75) is 11.8 Å². The molecular weight excluding hydrogens is 256 g/mol. The van der Waals surface area contributed by atoms with Crippen molar-refractivity contribution in [3.8, 4) is 5.75 Å². The van der Waals surface area contributed by atoms with Crippen molar-refractivity contribution in [1.29, 1.82) is 0 Å². The van der Waals surface area contributed by atoms with E-state index in [9.17, 15) is 8.42 Å². The largest absolute Gasteiger partial charge is 0.489 e. The van der Waals surface area contributed by atoms with E-state index in [1.807, 2.05) is 6.92 Å². The Hall–Kier alpha value is -1.31. The smallest absolute Gasteiger partial charge is 0.238 e. The normalized spacial score (nSPS) is 11.3. The summed E-state index contributed by atoms with van der Waals surface area (Å²) < 4.78 is 32.9. The summed E-state index contributed by atoms with van der Waals surface area (Å²) in [6, 6.07) is 4.48. The topological polar surface area (TPSA) is 90.7 Å². The summed E-state index contributed by atoms with van der Waals surface area (Å²) in [6.45, 7) is 3.40. The highest BCUT2D eigenvalue weighted by Gasteiger charge is 2.12. The number of hydrogen-bond acceptors (Lipinski definition) is 5. The fourth-order valence-electron chi connectivity index (χ4n) is 1.37. The van der Waals surface area contributed by atoms with Crippen LogP contribution in [0.3, 0.4) is 0 Å². The van der Waals surface area contributed by atoms with E-state index in [2.05, 4.69) is 5.32 Å². The zero-order valence-electron chi connectivity index (χ0n) is 10.5. The van der Waals surface area contributed by atoms with Crippen LogP contribution in [0.4, 0.5) is 5.69 Å². The van der Waals surface area contributed by atoms with E-state index in [4.69, 9.17) is 14.6 Å². The fourth-order valence-corrected chi connectivity index (χ4v) is 1.90. The van der Waals surface area contributed by atoms with Crippen LogP contribution < -0.4 is 15.2 Å². The van der Waals surface area contributed by atoms with Crippen molar-refractivity contribution in [3.63, 3.8) is 0 Å². The van der Waals surface area contributed by atoms with Crippen LogP contribution in [0.1, 0.15) is 6.92 Å². The minimum atomic E-state index is -3.73. The number of rotatable bonds is 7. The Morgan fingerprint density at radius 3 is 2.61 bits per heavy atom. The number of primary sulfonamides is 1. The molecule has 0 heterocycles. The number of anilines is 1. The van der Waals surface area contributed by atoms with Crippen LogP contribution in [-0.4, -0.2) is 35.3 Å². The molecule has 0 bridgehead atoms. The van der Waals surface area contributed by atoms with Gasteiger partial charge in [0.05, 0.1) is 17.2 Å². The van der Waals surface area contributed by atoms with Crippen molar-refractivity contribution in [2.24, 2.45) is 5.14 Å². The molecule has 18 heavy (non-hydrogen) atoms. The lowest BCUT2D eigenvalue weighted by Crippen LogP contribution is -2.13. The van der Waals surface area contributed by atoms with Crippen LogP contribution in [-0.2, 0) is 14.8 Å². The van der Waals surface area contributed by atoms with E-state index in [1.54, 1.807) is 13.2 Å². The van der Waals surface area contributed by atoms with Gasteiger partial charge in [-0.2, -0.15) is 0 Å². The zero-order valence-corrected chi connectivity index (χ0v) is 11.3. The highest BCUT2D eigenvalue weighted by Crippen LogP contribution is 2.27. The van der Waals surface area contributed by atoms with Gasteiger partial charge in [0.15, 0.2) is 0 Å². The maximum Gasteiger partial charge on any atom is 0.238 e. The third-order valence-corrected chi connectivity index (χ3v) is 3.10. The molecule has 102 valence electrons. The Morgan fingerprint density at radius 1 is 1.33 bits per heavy atom. The van der Waals surface area contributed by atoms with E-state index in [-0.39, 0.29) is 4.90 Å². The fraction of sp³-hybridized carbons (Fsp3) is 0.455. The van der Waals surface area contributed by atoms with E-state index < -0.39 is 10.0 Å². The molecule has 0 amide bonds. The van der Waals surface area contributed by atoms with Crippen molar-refractivity contribution >= 4 is 15.7 Å². The molecule has 0 aliphatic heterocycles. The number of methoxy groups -OCH3 is 1. The predicted molar refractivity (Wildman–Crippen MR) is 69.3 cm³/mol. The SMILES string of the molecule is CCNc1ccc(S(N)(=O)=O)cc1OCCOC. The summed E-state index contributed by atoms with van der Waals surface area (Å²) in [5.41, 5.74) is 0.723. The second-order valence-corrected chi connectivity index (χ2v) is 5.14. The van der Waals surface area contributed by atoms with Gasteiger partial charge in [-0.25, -0.2) is 13.6 Å². The first-order valence-electron chi connectivity index (χ1n) is 5.51. The van der Waals surface area contributed by atoms with E-state index in [0.717, 1.165) is 5.69 Å². The molecule has 0 saturated carbocycles. The molecule has 0 aliphatic rings. The van der Waals surface area contributed by atoms with Gasteiger partial charge in [-0.1, -0.05) is 0 Å². The Morgan fingerprint density at radius 2 is 2.06 bits per heavy atom.